The normalized spacial score (nSPS) is 1.67. The first kappa shape index (κ1) is 16.4. The molecule has 0 spiro atoms. The minimum Gasteiger partial charge on any atom is -0.358 e. The van der Waals surface area contributed by atoms with E-state index in [9.17, 15) is 0 Å². The van der Waals surface area contributed by atoms with Crippen LogP contribution in [-0.2, 0) is 0 Å². The molecule has 0 aromatic heterocycles. The summed E-state index contributed by atoms with van der Waals surface area (Å²) >= 11 is 0. The first-order chi connectivity index (χ1) is 1.91. The van der Waals surface area contributed by atoms with Crippen LogP contribution in [0, 0.1) is 63.2 Å². The number of terminal acetylenes is 1. The SMILES string of the molecule is [C-]#CC#C.[CH3-].[U+2]. The van der Waals surface area contributed by atoms with Crippen molar-refractivity contribution in [2.75, 3.05) is 0 Å². The fourth-order valence-corrected chi connectivity index (χ4v) is 0. The Kier molecular flexibility index (Phi) is 52.2. The summed E-state index contributed by atoms with van der Waals surface area (Å²) in [6, 6.07) is 0. The second-order valence-electron chi connectivity index (χ2n) is 0.269. The Morgan fingerprint density at radius 3 is 1.67 bits per heavy atom. The molecule has 0 atom stereocenters. The molecule has 0 saturated carbocycles. The topological polar surface area (TPSA) is 0 Å². The van der Waals surface area contributed by atoms with Crippen LogP contribution in [0.1, 0.15) is 0 Å². The van der Waals surface area contributed by atoms with Gasteiger partial charge in [0, 0.05) is 0 Å². The third kappa shape index (κ3) is 30.6. The standard InChI is InChI=1S/C4H.CH3.U/c1-3-4-2;;/h1H;1H3;/q2*-1;+2. The molecule has 0 aliphatic heterocycles. The summed E-state index contributed by atoms with van der Waals surface area (Å²) in [7, 11) is 0. The van der Waals surface area contributed by atoms with Crippen LogP contribution in [0.3, 0.4) is 0 Å². The van der Waals surface area contributed by atoms with Crippen molar-refractivity contribution >= 4 is 0 Å². The molecule has 28 valence electrons. The predicted molar refractivity (Wildman–Crippen MR) is 22.4 cm³/mol. The van der Waals surface area contributed by atoms with E-state index >= 15 is 0 Å². The molecule has 0 amide bonds. The maximum Gasteiger partial charge on any atom is 2.00 e. The van der Waals surface area contributed by atoms with E-state index < -0.39 is 0 Å². The summed E-state index contributed by atoms with van der Waals surface area (Å²) in [5, 5.41) is 0. The molecular formula is C5H4U. The third-order valence-corrected chi connectivity index (χ3v) is 0.0722. The van der Waals surface area contributed by atoms with Gasteiger partial charge in [0.1, 0.15) is 0 Å². The first-order valence-corrected chi connectivity index (χ1v) is 0.789. The zero-order valence-corrected chi connectivity index (χ0v) is 7.74. The summed E-state index contributed by atoms with van der Waals surface area (Å²) in [6.45, 7) is 0. The number of rotatable bonds is 0. The van der Waals surface area contributed by atoms with Gasteiger partial charge in [0.2, 0.25) is 0 Å². The molecule has 0 aliphatic carbocycles. The van der Waals surface area contributed by atoms with Gasteiger partial charge in [-0.1, -0.05) is 0 Å². The van der Waals surface area contributed by atoms with E-state index in [1.165, 1.54) is 0 Å². The minimum atomic E-state index is 0. The molecule has 0 nitrogen and oxygen atoms in total. The van der Waals surface area contributed by atoms with Crippen molar-refractivity contribution in [2.24, 2.45) is 0 Å². The molecular weight excluding hydrogens is 298 g/mol. The van der Waals surface area contributed by atoms with E-state index in [2.05, 4.69) is 6.42 Å². The average molecular weight is 302 g/mol. The van der Waals surface area contributed by atoms with E-state index in [-0.39, 0.29) is 38.5 Å². The van der Waals surface area contributed by atoms with E-state index in [4.69, 9.17) is 6.42 Å². The largest absolute Gasteiger partial charge is 2.00 e. The van der Waals surface area contributed by atoms with Crippen LogP contribution < -0.4 is 0 Å². The van der Waals surface area contributed by atoms with Gasteiger partial charge in [-0.15, -0.1) is 0 Å². The molecule has 0 aromatic carbocycles. The molecule has 0 bridgehead atoms. The second kappa shape index (κ2) is 19.1. The molecule has 0 N–H and O–H groups in total. The number of hydrogen-bond donors (Lipinski definition) is 0. The molecule has 0 aliphatic rings. The Hall–Kier alpha value is 0.172. The maximum atomic E-state index is 5.97. The van der Waals surface area contributed by atoms with Gasteiger partial charge in [0.25, 0.3) is 0 Å². The Labute approximate surface area is 63.1 Å². The van der Waals surface area contributed by atoms with Gasteiger partial charge < -0.3 is 13.9 Å². The van der Waals surface area contributed by atoms with Gasteiger partial charge in [-0.3, -0.25) is 11.8 Å². The van der Waals surface area contributed by atoms with Crippen molar-refractivity contribution < 1.29 is 31.1 Å². The predicted octanol–water partition coefficient (Wildman–Crippen LogP) is 0.660. The summed E-state index contributed by atoms with van der Waals surface area (Å²) in [4.78, 5) is 0. The summed E-state index contributed by atoms with van der Waals surface area (Å²) in [5.74, 6) is 3.56. The van der Waals surface area contributed by atoms with Gasteiger partial charge in [0.05, 0.1) is 0 Å². The Morgan fingerprint density at radius 1 is 1.50 bits per heavy atom. The molecule has 0 aromatic rings. The van der Waals surface area contributed by atoms with Crippen molar-refractivity contribution in [2.45, 2.75) is 0 Å². The quantitative estimate of drug-likeness (QED) is 0.455. The van der Waals surface area contributed by atoms with Crippen molar-refractivity contribution in [3.8, 4) is 18.3 Å². The van der Waals surface area contributed by atoms with Gasteiger partial charge >= 0.3 is 31.1 Å². The van der Waals surface area contributed by atoms with Crippen molar-refractivity contribution in [3.05, 3.63) is 13.9 Å². The minimum absolute atomic E-state index is 0. The summed E-state index contributed by atoms with van der Waals surface area (Å²) in [5.41, 5.74) is 0. The molecule has 0 heterocycles. The molecule has 0 unspecified atom stereocenters. The van der Waals surface area contributed by atoms with Gasteiger partial charge in [-0.05, 0) is 0 Å². The Morgan fingerprint density at radius 2 is 1.67 bits per heavy atom. The van der Waals surface area contributed by atoms with Crippen LogP contribution in [-0.4, -0.2) is 0 Å². The van der Waals surface area contributed by atoms with Gasteiger partial charge in [0.15, 0.2) is 0 Å². The molecule has 0 rings (SSSR count). The van der Waals surface area contributed by atoms with Crippen molar-refractivity contribution in [1.29, 1.82) is 0 Å². The van der Waals surface area contributed by atoms with Gasteiger partial charge in [-0.2, -0.15) is 0 Å². The third-order valence-electron chi connectivity index (χ3n) is 0.0722. The Bertz CT molecular complexity index is 58.9. The van der Waals surface area contributed by atoms with E-state index in [1.54, 1.807) is 5.92 Å². The fourth-order valence-electron chi connectivity index (χ4n) is 0. The Balaban J connectivity index is -0.0000000450. The molecule has 0 radical (unpaired) electrons. The molecule has 1 heteroatoms. The van der Waals surface area contributed by atoms with Crippen LogP contribution in [0.5, 0.6) is 0 Å². The molecule has 0 fully saturated rings. The average Bonchev–Trinajstić information content (AvgIpc) is 1.37. The van der Waals surface area contributed by atoms with Crippen LogP contribution >= 0.6 is 0 Å². The maximum absolute atomic E-state index is 5.97. The van der Waals surface area contributed by atoms with Crippen molar-refractivity contribution in [3.63, 3.8) is 0 Å². The van der Waals surface area contributed by atoms with Crippen molar-refractivity contribution in [1.82, 2.24) is 0 Å². The monoisotopic (exact) mass is 302 g/mol. The van der Waals surface area contributed by atoms with E-state index in [0.29, 0.717) is 0 Å². The van der Waals surface area contributed by atoms with Crippen LogP contribution in [0.4, 0.5) is 0 Å². The first-order valence-electron chi connectivity index (χ1n) is 0.789. The van der Waals surface area contributed by atoms with Crippen LogP contribution in [0.25, 0.3) is 0 Å². The number of hydrogen-bond acceptors (Lipinski definition) is 0. The van der Waals surface area contributed by atoms with Gasteiger partial charge in [-0.25, -0.2) is 6.42 Å². The zero-order valence-electron chi connectivity index (χ0n) is 3.58. The second-order valence-corrected chi connectivity index (χ2v) is 0.269. The summed E-state index contributed by atoms with van der Waals surface area (Å²) < 4.78 is 0. The zero-order chi connectivity index (χ0) is 3.41. The van der Waals surface area contributed by atoms with Crippen LogP contribution in [0.2, 0.25) is 0 Å². The fraction of sp³-hybridized carbons (Fsp3) is 0. The summed E-state index contributed by atoms with van der Waals surface area (Å²) in [6.07, 6.45) is 10.4. The van der Waals surface area contributed by atoms with Crippen LogP contribution in [0.15, 0.2) is 0 Å². The molecule has 0 saturated heterocycles. The van der Waals surface area contributed by atoms with E-state index in [0.717, 1.165) is 0 Å². The van der Waals surface area contributed by atoms with E-state index in [1.807, 2.05) is 5.92 Å². The molecule has 6 heavy (non-hydrogen) atoms. The smallest absolute Gasteiger partial charge is 0.358 e.